The molecule has 102 valence electrons. The van der Waals surface area contributed by atoms with Gasteiger partial charge < -0.3 is 9.73 Å². The summed E-state index contributed by atoms with van der Waals surface area (Å²) in [5.74, 6) is 1.59. The van der Waals surface area contributed by atoms with Crippen molar-refractivity contribution in [3.8, 4) is 11.4 Å². The highest BCUT2D eigenvalue weighted by molar-refractivity contribution is 14.1. The molecule has 2 aromatic heterocycles. The fourth-order valence-electron chi connectivity index (χ4n) is 1.75. The van der Waals surface area contributed by atoms with E-state index in [-0.39, 0.29) is 5.41 Å². The van der Waals surface area contributed by atoms with E-state index >= 15 is 0 Å². The Morgan fingerprint density at radius 3 is 2.58 bits per heavy atom. The van der Waals surface area contributed by atoms with Gasteiger partial charge in [-0.1, -0.05) is 20.8 Å². The molecular weight excluding hydrogens is 353 g/mol. The van der Waals surface area contributed by atoms with Gasteiger partial charge in [-0.3, -0.25) is 0 Å². The summed E-state index contributed by atoms with van der Waals surface area (Å²) >= 11 is 2.31. The van der Waals surface area contributed by atoms with Crippen molar-refractivity contribution in [2.75, 3.05) is 11.9 Å². The third-order valence-electron chi connectivity index (χ3n) is 2.69. The molecule has 0 aliphatic heterocycles. The minimum Gasteiger partial charge on any atom is -0.472 e. The second-order valence-electron chi connectivity index (χ2n) is 5.35. The summed E-state index contributed by atoms with van der Waals surface area (Å²) in [6, 6.07) is 1.88. The van der Waals surface area contributed by atoms with Gasteiger partial charge in [-0.05, 0) is 35.6 Å². The molecule has 0 saturated heterocycles. The average Bonchev–Trinajstić information content (AvgIpc) is 2.84. The molecule has 2 rings (SSSR count). The third-order valence-corrected chi connectivity index (χ3v) is 3.71. The van der Waals surface area contributed by atoms with Gasteiger partial charge in [0.25, 0.3) is 0 Å². The molecule has 0 unspecified atom stereocenters. The van der Waals surface area contributed by atoms with Crippen LogP contribution in [0.15, 0.2) is 23.0 Å². The maximum atomic E-state index is 5.12. The monoisotopic (exact) mass is 371 g/mol. The lowest BCUT2D eigenvalue weighted by Gasteiger charge is -2.21. The van der Waals surface area contributed by atoms with E-state index in [1.807, 2.05) is 6.07 Å². The summed E-state index contributed by atoms with van der Waals surface area (Å²) in [4.78, 5) is 9.30. The minimum absolute atomic E-state index is 0.0257. The van der Waals surface area contributed by atoms with Gasteiger partial charge in [-0.15, -0.1) is 0 Å². The van der Waals surface area contributed by atoms with Gasteiger partial charge in [-0.25, -0.2) is 9.97 Å². The Kier molecular flexibility index (Phi) is 4.13. The maximum absolute atomic E-state index is 5.12. The van der Waals surface area contributed by atoms with Crippen LogP contribution in [0.2, 0.25) is 0 Å². The van der Waals surface area contributed by atoms with Crippen LogP contribution in [0.5, 0.6) is 0 Å². The Morgan fingerprint density at radius 2 is 2.05 bits per heavy atom. The molecule has 2 aromatic rings. The Morgan fingerprint density at radius 1 is 1.32 bits per heavy atom. The highest BCUT2D eigenvalue weighted by Gasteiger charge is 2.23. The summed E-state index contributed by atoms with van der Waals surface area (Å²) in [5, 5.41) is 3.30. The molecule has 0 aliphatic rings. The first-order chi connectivity index (χ1) is 8.93. The van der Waals surface area contributed by atoms with Gasteiger partial charge in [0, 0.05) is 12.0 Å². The van der Waals surface area contributed by atoms with E-state index in [0.717, 1.165) is 27.2 Å². The van der Waals surface area contributed by atoms with Gasteiger partial charge in [-0.2, -0.15) is 0 Å². The molecule has 0 amide bonds. The lowest BCUT2D eigenvalue weighted by molar-refractivity contribution is 0.562. The molecule has 0 aliphatic carbocycles. The second-order valence-corrected chi connectivity index (χ2v) is 6.43. The molecule has 0 bridgehead atoms. The second kappa shape index (κ2) is 5.48. The van der Waals surface area contributed by atoms with Gasteiger partial charge >= 0.3 is 0 Å². The SMILES string of the molecule is CCNc1nc(-c2ccoc2)nc(C(C)(C)C)c1I. The highest BCUT2D eigenvalue weighted by atomic mass is 127. The topological polar surface area (TPSA) is 51.0 Å². The van der Waals surface area contributed by atoms with E-state index in [9.17, 15) is 0 Å². The molecule has 1 N–H and O–H groups in total. The van der Waals surface area contributed by atoms with E-state index in [2.05, 4.69) is 60.6 Å². The molecule has 0 fully saturated rings. The first-order valence-corrected chi connectivity index (χ1v) is 7.35. The lowest BCUT2D eigenvalue weighted by atomic mass is 9.92. The molecule has 0 radical (unpaired) electrons. The smallest absolute Gasteiger partial charge is 0.165 e. The van der Waals surface area contributed by atoms with E-state index in [0.29, 0.717) is 5.82 Å². The normalized spacial score (nSPS) is 11.6. The number of nitrogens with one attached hydrogen (secondary N) is 1. The van der Waals surface area contributed by atoms with Gasteiger partial charge in [0.1, 0.15) is 12.1 Å². The summed E-state index contributed by atoms with van der Waals surface area (Å²) in [6.07, 6.45) is 3.31. The third kappa shape index (κ3) is 3.08. The van der Waals surface area contributed by atoms with E-state index in [1.165, 1.54) is 0 Å². The molecule has 4 nitrogen and oxygen atoms in total. The van der Waals surface area contributed by atoms with Crippen LogP contribution in [0, 0.1) is 3.57 Å². The zero-order valence-corrected chi connectivity index (χ0v) is 13.8. The van der Waals surface area contributed by atoms with Crippen molar-refractivity contribution in [3.05, 3.63) is 27.9 Å². The highest BCUT2D eigenvalue weighted by Crippen LogP contribution is 2.31. The van der Waals surface area contributed by atoms with Crippen molar-refractivity contribution in [3.63, 3.8) is 0 Å². The molecule has 0 spiro atoms. The summed E-state index contributed by atoms with van der Waals surface area (Å²) < 4.78 is 6.20. The number of furan rings is 1. The van der Waals surface area contributed by atoms with Crippen LogP contribution in [0.3, 0.4) is 0 Å². The average molecular weight is 371 g/mol. The van der Waals surface area contributed by atoms with Crippen molar-refractivity contribution in [1.82, 2.24) is 9.97 Å². The summed E-state index contributed by atoms with van der Waals surface area (Å²) in [6.45, 7) is 9.37. The summed E-state index contributed by atoms with van der Waals surface area (Å²) in [5.41, 5.74) is 1.93. The fourth-order valence-corrected chi connectivity index (χ4v) is 2.99. The predicted molar refractivity (Wildman–Crippen MR) is 85.3 cm³/mol. The van der Waals surface area contributed by atoms with Crippen LogP contribution in [0.25, 0.3) is 11.4 Å². The van der Waals surface area contributed by atoms with Gasteiger partial charge in [0.15, 0.2) is 5.82 Å². The van der Waals surface area contributed by atoms with Crippen LogP contribution in [0.4, 0.5) is 5.82 Å². The van der Waals surface area contributed by atoms with E-state index in [4.69, 9.17) is 9.40 Å². The molecule has 5 heteroatoms. The number of rotatable bonds is 3. The number of anilines is 1. The Balaban J connectivity index is 2.61. The van der Waals surface area contributed by atoms with Crippen LogP contribution in [-0.2, 0) is 5.41 Å². The van der Waals surface area contributed by atoms with Crippen molar-refractivity contribution in [2.24, 2.45) is 0 Å². The summed E-state index contributed by atoms with van der Waals surface area (Å²) in [7, 11) is 0. The lowest BCUT2D eigenvalue weighted by Crippen LogP contribution is -2.19. The number of aromatic nitrogens is 2. The first-order valence-electron chi connectivity index (χ1n) is 6.28. The van der Waals surface area contributed by atoms with Crippen LogP contribution < -0.4 is 5.32 Å². The predicted octanol–water partition coefficient (Wildman–Crippen LogP) is 4.07. The number of halogens is 1. The number of nitrogens with zero attached hydrogens (tertiary/aromatic N) is 2. The van der Waals surface area contributed by atoms with E-state index < -0.39 is 0 Å². The Bertz CT molecular complexity index is 559. The largest absolute Gasteiger partial charge is 0.472 e. The molecule has 0 atom stereocenters. The van der Waals surface area contributed by atoms with E-state index in [1.54, 1.807) is 12.5 Å². The molecule has 0 aromatic carbocycles. The van der Waals surface area contributed by atoms with Crippen LogP contribution in [-0.4, -0.2) is 16.5 Å². The standard InChI is InChI=1S/C14H18IN3O/c1-5-16-13-10(15)11(14(2,3)4)17-12(18-13)9-6-7-19-8-9/h6-8H,5H2,1-4H3,(H,16,17,18). The molecule has 2 heterocycles. The number of hydrogen-bond donors (Lipinski definition) is 1. The molecular formula is C14H18IN3O. The minimum atomic E-state index is -0.0257. The van der Waals surface area contributed by atoms with Crippen molar-refractivity contribution in [2.45, 2.75) is 33.1 Å². The maximum Gasteiger partial charge on any atom is 0.165 e. The van der Waals surface area contributed by atoms with Crippen molar-refractivity contribution >= 4 is 28.4 Å². The quantitative estimate of drug-likeness (QED) is 0.827. The Hall–Kier alpha value is -1.11. The zero-order chi connectivity index (χ0) is 14.0. The van der Waals surface area contributed by atoms with Crippen molar-refractivity contribution < 1.29 is 4.42 Å². The molecule has 19 heavy (non-hydrogen) atoms. The molecule has 0 saturated carbocycles. The Labute approximate surface area is 127 Å². The van der Waals surface area contributed by atoms with Crippen molar-refractivity contribution in [1.29, 1.82) is 0 Å². The van der Waals surface area contributed by atoms with Gasteiger partial charge in [0.05, 0.1) is 21.1 Å². The fraction of sp³-hybridized carbons (Fsp3) is 0.429. The van der Waals surface area contributed by atoms with Crippen LogP contribution >= 0.6 is 22.6 Å². The first kappa shape index (κ1) is 14.3. The van der Waals surface area contributed by atoms with Crippen LogP contribution in [0.1, 0.15) is 33.4 Å². The zero-order valence-electron chi connectivity index (χ0n) is 11.6. The van der Waals surface area contributed by atoms with Gasteiger partial charge in [0.2, 0.25) is 0 Å². The number of hydrogen-bond acceptors (Lipinski definition) is 4.